The third-order valence-corrected chi connectivity index (χ3v) is 2.33. The van der Waals surface area contributed by atoms with Crippen LogP contribution in [0.3, 0.4) is 0 Å². The summed E-state index contributed by atoms with van der Waals surface area (Å²) in [5.41, 5.74) is 2.36. The summed E-state index contributed by atoms with van der Waals surface area (Å²) in [6.07, 6.45) is 1.86. The largest absolute Gasteiger partial charge is 0.385 e. The van der Waals surface area contributed by atoms with E-state index in [9.17, 15) is 0 Å². The summed E-state index contributed by atoms with van der Waals surface area (Å²) in [4.78, 5) is 4.37. The van der Waals surface area contributed by atoms with E-state index in [0.29, 0.717) is 5.92 Å². The molecular weight excluding hydrogens is 210 g/mol. The molecular formula is C14H25N3. The van der Waals surface area contributed by atoms with Crippen LogP contribution in [0.5, 0.6) is 0 Å². The minimum atomic E-state index is 0.128. The first-order chi connectivity index (χ1) is 7.87. The Labute approximate surface area is 105 Å². The molecule has 0 atom stereocenters. The summed E-state index contributed by atoms with van der Waals surface area (Å²) in [5.74, 6) is 0.652. The molecule has 17 heavy (non-hydrogen) atoms. The van der Waals surface area contributed by atoms with Crippen molar-refractivity contribution in [3.8, 4) is 0 Å². The maximum atomic E-state index is 4.37. The van der Waals surface area contributed by atoms with Gasteiger partial charge < -0.3 is 10.6 Å². The van der Waals surface area contributed by atoms with Crippen molar-refractivity contribution in [1.82, 2.24) is 10.3 Å². The molecule has 0 aliphatic carbocycles. The van der Waals surface area contributed by atoms with Crippen molar-refractivity contribution in [2.24, 2.45) is 5.92 Å². The predicted molar refractivity (Wildman–Crippen MR) is 74.2 cm³/mol. The molecule has 0 radical (unpaired) electrons. The fourth-order valence-electron chi connectivity index (χ4n) is 1.36. The number of rotatable bonds is 5. The summed E-state index contributed by atoms with van der Waals surface area (Å²) in [6, 6.07) is 4.13. The van der Waals surface area contributed by atoms with Crippen molar-refractivity contribution in [2.45, 2.75) is 46.7 Å². The Kier molecular flexibility index (Phi) is 4.94. The highest BCUT2D eigenvalue weighted by atomic mass is 15.0. The maximum Gasteiger partial charge on any atom is 0.0562 e. The lowest BCUT2D eigenvalue weighted by Crippen LogP contribution is -2.35. The summed E-state index contributed by atoms with van der Waals surface area (Å²) < 4.78 is 0. The van der Waals surface area contributed by atoms with Gasteiger partial charge in [0, 0.05) is 30.5 Å². The molecule has 0 aliphatic rings. The molecule has 1 rings (SSSR count). The molecule has 1 aromatic rings. The quantitative estimate of drug-likeness (QED) is 0.823. The van der Waals surface area contributed by atoms with E-state index in [1.54, 1.807) is 0 Å². The highest BCUT2D eigenvalue weighted by Gasteiger charge is 2.08. The minimum Gasteiger partial charge on any atom is -0.385 e. The zero-order chi connectivity index (χ0) is 12.9. The Morgan fingerprint density at radius 1 is 1.29 bits per heavy atom. The van der Waals surface area contributed by atoms with Gasteiger partial charge >= 0.3 is 0 Å². The van der Waals surface area contributed by atoms with Crippen LogP contribution in [-0.2, 0) is 6.54 Å². The Bertz CT molecular complexity index is 340. The van der Waals surface area contributed by atoms with E-state index in [1.807, 2.05) is 12.3 Å². The molecule has 3 heteroatoms. The zero-order valence-corrected chi connectivity index (χ0v) is 11.7. The van der Waals surface area contributed by atoms with Crippen LogP contribution in [0, 0.1) is 5.92 Å². The van der Waals surface area contributed by atoms with Crippen LogP contribution in [-0.4, -0.2) is 17.1 Å². The fraction of sp³-hybridized carbons (Fsp3) is 0.643. The van der Waals surface area contributed by atoms with Gasteiger partial charge in [0.25, 0.3) is 0 Å². The van der Waals surface area contributed by atoms with Crippen LogP contribution < -0.4 is 10.6 Å². The molecule has 0 bridgehead atoms. The van der Waals surface area contributed by atoms with Crippen molar-refractivity contribution >= 4 is 5.69 Å². The lowest BCUT2D eigenvalue weighted by atomic mass is 10.1. The van der Waals surface area contributed by atoms with Crippen molar-refractivity contribution in [1.29, 1.82) is 0 Å². The van der Waals surface area contributed by atoms with Gasteiger partial charge in [-0.05, 0) is 38.8 Å². The van der Waals surface area contributed by atoms with Crippen molar-refractivity contribution < 1.29 is 0 Å². The molecule has 3 nitrogen and oxygen atoms in total. The van der Waals surface area contributed by atoms with E-state index in [4.69, 9.17) is 0 Å². The number of anilines is 1. The van der Waals surface area contributed by atoms with E-state index in [1.165, 1.54) is 0 Å². The first kappa shape index (κ1) is 14.0. The Hall–Kier alpha value is -1.09. The average Bonchev–Trinajstić information content (AvgIpc) is 2.23. The molecule has 0 aromatic carbocycles. The minimum absolute atomic E-state index is 0.128. The van der Waals surface area contributed by atoms with E-state index >= 15 is 0 Å². The van der Waals surface area contributed by atoms with E-state index in [-0.39, 0.29) is 5.54 Å². The summed E-state index contributed by atoms with van der Waals surface area (Å²) in [5, 5.41) is 6.85. The molecule has 0 aliphatic heterocycles. The molecule has 0 unspecified atom stereocenters. The van der Waals surface area contributed by atoms with E-state index in [0.717, 1.165) is 24.5 Å². The monoisotopic (exact) mass is 235 g/mol. The molecule has 1 heterocycles. The lowest BCUT2D eigenvalue weighted by molar-refractivity contribution is 0.421. The van der Waals surface area contributed by atoms with Gasteiger partial charge in [0.1, 0.15) is 0 Å². The predicted octanol–water partition coefficient (Wildman–Crippen LogP) is 3.04. The number of pyridine rings is 1. The Morgan fingerprint density at radius 3 is 2.59 bits per heavy atom. The normalized spacial score (nSPS) is 11.9. The summed E-state index contributed by atoms with van der Waals surface area (Å²) in [6.45, 7) is 12.7. The second-order valence-corrected chi connectivity index (χ2v) is 5.91. The van der Waals surface area contributed by atoms with Crippen molar-refractivity contribution in [3.63, 3.8) is 0 Å². The van der Waals surface area contributed by atoms with Gasteiger partial charge in [-0.1, -0.05) is 13.8 Å². The smallest absolute Gasteiger partial charge is 0.0562 e. The zero-order valence-electron chi connectivity index (χ0n) is 11.7. The second kappa shape index (κ2) is 6.01. The highest BCUT2D eigenvalue weighted by Crippen LogP contribution is 2.10. The lowest BCUT2D eigenvalue weighted by Gasteiger charge is -2.20. The molecule has 0 saturated carbocycles. The van der Waals surface area contributed by atoms with Crippen LogP contribution in [0.4, 0.5) is 5.69 Å². The molecule has 2 N–H and O–H groups in total. The van der Waals surface area contributed by atoms with Gasteiger partial charge in [-0.3, -0.25) is 4.98 Å². The highest BCUT2D eigenvalue weighted by molar-refractivity contribution is 5.43. The molecule has 0 amide bonds. The fourth-order valence-corrected chi connectivity index (χ4v) is 1.36. The van der Waals surface area contributed by atoms with Gasteiger partial charge in [-0.2, -0.15) is 0 Å². The van der Waals surface area contributed by atoms with Crippen LogP contribution >= 0.6 is 0 Å². The van der Waals surface area contributed by atoms with Crippen LogP contribution in [0.1, 0.15) is 40.3 Å². The Balaban J connectivity index is 2.54. The standard InChI is InChI=1S/C14H25N3/c1-11(2)9-16-12-6-7-15-13(8-12)10-17-14(3,4)5/h6-8,11,17H,9-10H2,1-5H3,(H,15,16). The summed E-state index contributed by atoms with van der Waals surface area (Å²) >= 11 is 0. The topological polar surface area (TPSA) is 37.0 Å². The molecule has 96 valence electrons. The molecule has 0 fully saturated rings. The SMILES string of the molecule is CC(C)CNc1ccnc(CNC(C)(C)C)c1. The number of hydrogen-bond acceptors (Lipinski definition) is 3. The maximum absolute atomic E-state index is 4.37. The number of aromatic nitrogens is 1. The third-order valence-electron chi connectivity index (χ3n) is 2.33. The average molecular weight is 235 g/mol. The van der Waals surface area contributed by atoms with Crippen LogP contribution in [0.2, 0.25) is 0 Å². The first-order valence-corrected chi connectivity index (χ1v) is 6.30. The van der Waals surface area contributed by atoms with Gasteiger partial charge in [0.05, 0.1) is 5.69 Å². The van der Waals surface area contributed by atoms with E-state index < -0.39 is 0 Å². The Morgan fingerprint density at radius 2 is 2.00 bits per heavy atom. The van der Waals surface area contributed by atoms with Gasteiger partial charge in [-0.15, -0.1) is 0 Å². The summed E-state index contributed by atoms with van der Waals surface area (Å²) in [7, 11) is 0. The van der Waals surface area contributed by atoms with Crippen LogP contribution in [0.15, 0.2) is 18.3 Å². The molecule has 0 saturated heterocycles. The first-order valence-electron chi connectivity index (χ1n) is 6.30. The molecule has 0 spiro atoms. The number of hydrogen-bond donors (Lipinski definition) is 2. The number of nitrogens with zero attached hydrogens (tertiary/aromatic N) is 1. The van der Waals surface area contributed by atoms with Crippen molar-refractivity contribution in [3.05, 3.63) is 24.0 Å². The van der Waals surface area contributed by atoms with E-state index in [2.05, 4.69) is 56.3 Å². The van der Waals surface area contributed by atoms with Crippen molar-refractivity contribution in [2.75, 3.05) is 11.9 Å². The van der Waals surface area contributed by atoms with Crippen LogP contribution in [0.25, 0.3) is 0 Å². The van der Waals surface area contributed by atoms with Gasteiger partial charge in [0.15, 0.2) is 0 Å². The second-order valence-electron chi connectivity index (χ2n) is 5.91. The molecule has 1 aromatic heterocycles. The van der Waals surface area contributed by atoms with Gasteiger partial charge in [0.2, 0.25) is 0 Å². The number of nitrogens with one attached hydrogen (secondary N) is 2. The third kappa shape index (κ3) is 6.27. The van der Waals surface area contributed by atoms with Gasteiger partial charge in [-0.25, -0.2) is 0 Å².